The first-order chi connectivity index (χ1) is 13.2. The number of sulfone groups is 1. The molecule has 9 heteroatoms. The van der Waals surface area contributed by atoms with Crippen molar-refractivity contribution < 1.29 is 18.0 Å². The van der Waals surface area contributed by atoms with Crippen molar-refractivity contribution in [2.24, 2.45) is 5.92 Å². The van der Waals surface area contributed by atoms with Crippen LogP contribution in [0.5, 0.6) is 0 Å². The fourth-order valence-electron chi connectivity index (χ4n) is 3.25. The first kappa shape index (κ1) is 22.2. The summed E-state index contributed by atoms with van der Waals surface area (Å²) in [6.45, 7) is 0. The number of rotatable bonds is 7. The van der Waals surface area contributed by atoms with Crippen molar-refractivity contribution >= 4 is 33.3 Å². The lowest BCUT2D eigenvalue weighted by atomic mass is 9.83. The molecule has 0 saturated heterocycles. The molecule has 1 aromatic rings. The Morgan fingerprint density at radius 3 is 2.50 bits per heavy atom. The van der Waals surface area contributed by atoms with Crippen molar-refractivity contribution in [1.82, 2.24) is 10.6 Å². The van der Waals surface area contributed by atoms with Crippen molar-refractivity contribution in [3.05, 3.63) is 34.9 Å². The standard InChI is InChI=1S/C19H24ClN3O4S/c1-28(26,27)11-10-15(12-21)22-19(25)16-4-2-3-5-17(16)23-18(24)13-6-8-14(20)9-7-13/h6-9,15-17H,2-5,10-11H2,1H3,(H,22,25)(H,23,24)/t15-,16+,17-/m0/s1. The number of nitrogens with zero attached hydrogens (tertiary/aromatic N) is 1. The molecule has 1 aliphatic carbocycles. The summed E-state index contributed by atoms with van der Waals surface area (Å²) in [5.74, 6) is -1.25. The second-order valence-electron chi connectivity index (χ2n) is 7.09. The summed E-state index contributed by atoms with van der Waals surface area (Å²) in [6.07, 6.45) is 4.14. The summed E-state index contributed by atoms with van der Waals surface area (Å²) in [6, 6.07) is 7.20. The van der Waals surface area contributed by atoms with Crippen molar-refractivity contribution in [2.45, 2.75) is 44.2 Å². The number of nitriles is 1. The van der Waals surface area contributed by atoms with Crippen LogP contribution in [0.3, 0.4) is 0 Å². The molecule has 0 spiro atoms. The Bertz CT molecular complexity index is 849. The maximum absolute atomic E-state index is 12.7. The Hall–Kier alpha value is -2.11. The molecule has 0 unspecified atom stereocenters. The van der Waals surface area contributed by atoms with E-state index in [4.69, 9.17) is 11.6 Å². The summed E-state index contributed by atoms with van der Waals surface area (Å²) in [5.41, 5.74) is 0.456. The molecule has 1 aromatic carbocycles. The van der Waals surface area contributed by atoms with Crippen LogP contribution < -0.4 is 10.6 Å². The topological polar surface area (TPSA) is 116 Å². The summed E-state index contributed by atoms with van der Waals surface area (Å²) in [7, 11) is -3.22. The number of nitrogens with one attached hydrogen (secondary N) is 2. The maximum Gasteiger partial charge on any atom is 0.251 e. The van der Waals surface area contributed by atoms with Gasteiger partial charge in [0, 0.05) is 22.9 Å². The lowest BCUT2D eigenvalue weighted by molar-refractivity contribution is -0.127. The number of hydrogen-bond donors (Lipinski definition) is 2. The number of halogens is 1. The van der Waals surface area contributed by atoms with Gasteiger partial charge in [-0.25, -0.2) is 8.42 Å². The van der Waals surface area contributed by atoms with Gasteiger partial charge in [0.15, 0.2) is 0 Å². The van der Waals surface area contributed by atoms with Crippen molar-refractivity contribution in [3.8, 4) is 6.07 Å². The molecule has 0 bridgehead atoms. The van der Waals surface area contributed by atoms with Gasteiger partial charge in [-0.15, -0.1) is 0 Å². The summed E-state index contributed by atoms with van der Waals surface area (Å²) >= 11 is 5.84. The molecule has 28 heavy (non-hydrogen) atoms. The van der Waals surface area contributed by atoms with Crippen molar-refractivity contribution in [1.29, 1.82) is 5.26 Å². The highest BCUT2D eigenvalue weighted by Crippen LogP contribution is 2.25. The van der Waals surface area contributed by atoms with Gasteiger partial charge >= 0.3 is 0 Å². The highest BCUT2D eigenvalue weighted by atomic mass is 35.5. The fraction of sp³-hybridized carbons (Fsp3) is 0.526. The van der Waals surface area contributed by atoms with Crippen LogP contribution in [0, 0.1) is 17.2 Å². The van der Waals surface area contributed by atoms with E-state index in [9.17, 15) is 23.3 Å². The van der Waals surface area contributed by atoms with Gasteiger partial charge in [-0.05, 0) is 43.5 Å². The lowest BCUT2D eigenvalue weighted by Crippen LogP contribution is -2.50. The smallest absolute Gasteiger partial charge is 0.251 e. The molecule has 1 aliphatic rings. The Labute approximate surface area is 170 Å². The largest absolute Gasteiger partial charge is 0.349 e. The van der Waals surface area contributed by atoms with Gasteiger partial charge in [-0.1, -0.05) is 24.4 Å². The first-order valence-corrected chi connectivity index (χ1v) is 11.6. The zero-order chi connectivity index (χ0) is 20.7. The average Bonchev–Trinajstić information content (AvgIpc) is 2.65. The number of hydrogen-bond acceptors (Lipinski definition) is 5. The van der Waals surface area contributed by atoms with E-state index in [1.807, 2.05) is 6.07 Å². The van der Waals surface area contributed by atoms with Crippen LogP contribution in [0.15, 0.2) is 24.3 Å². The Morgan fingerprint density at radius 1 is 1.25 bits per heavy atom. The minimum Gasteiger partial charge on any atom is -0.349 e. The molecule has 2 rings (SSSR count). The van der Waals surface area contributed by atoms with Crippen LogP contribution in [0.2, 0.25) is 5.02 Å². The van der Waals surface area contributed by atoms with Crippen LogP contribution >= 0.6 is 11.6 Å². The number of carbonyl (C=O) groups excluding carboxylic acids is 2. The van der Waals surface area contributed by atoms with Crippen LogP contribution in [-0.4, -0.2) is 44.3 Å². The lowest BCUT2D eigenvalue weighted by Gasteiger charge is -2.31. The van der Waals surface area contributed by atoms with Gasteiger partial charge in [0.1, 0.15) is 15.9 Å². The third-order valence-corrected chi connectivity index (χ3v) is 6.00. The SMILES string of the molecule is CS(=O)(=O)CC[C@@H](C#N)NC(=O)[C@@H]1CCCC[C@@H]1NC(=O)c1ccc(Cl)cc1. The van der Waals surface area contributed by atoms with E-state index in [0.717, 1.165) is 19.1 Å². The van der Waals surface area contributed by atoms with Gasteiger partial charge in [0.2, 0.25) is 5.91 Å². The van der Waals surface area contributed by atoms with Crippen LogP contribution in [0.4, 0.5) is 0 Å². The van der Waals surface area contributed by atoms with E-state index >= 15 is 0 Å². The third-order valence-electron chi connectivity index (χ3n) is 4.78. The predicted octanol–water partition coefficient (Wildman–Crippen LogP) is 2.07. The molecule has 152 valence electrons. The highest BCUT2D eigenvalue weighted by molar-refractivity contribution is 7.90. The van der Waals surface area contributed by atoms with E-state index in [1.54, 1.807) is 24.3 Å². The third kappa shape index (κ3) is 6.80. The predicted molar refractivity (Wildman–Crippen MR) is 107 cm³/mol. The van der Waals surface area contributed by atoms with Gasteiger partial charge in [-0.2, -0.15) is 5.26 Å². The quantitative estimate of drug-likeness (QED) is 0.693. The van der Waals surface area contributed by atoms with Gasteiger partial charge in [0.05, 0.1) is 17.7 Å². The second kappa shape index (κ2) is 9.89. The zero-order valence-electron chi connectivity index (χ0n) is 15.7. The Morgan fingerprint density at radius 2 is 1.89 bits per heavy atom. The molecule has 2 N–H and O–H groups in total. The molecule has 0 radical (unpaired) electrons. The van der Waals surface area contributed by atoms with E-state index in [0.29, 0.717) is 23.4 Å². The normalized spacial score (nSPS) is 20.6. The second-order valence-corrected chi connectivity index (χ2v) is 9.78. The first-order valence-electron chi connectivity index (χ1n) is 9.14. The van der Waals surface area contributed by atoms with E-state index in [2.05, 4.69) is 10.6 Å². The number of benzene rings is 1. The highest BCUT2D eigenvalue weighted by Gasteiger charge is 2.33. The monoisotopic (exact) mass is 425 g/mol. The van der Waals surface area contributed by atoms with Crippen LogP contribution in [0.25, 0.3) is 0 Å². The Balaban J connectivity index is 2.00. The van der Waals surface area contributed by atoms with Crippen LogP contribution in [0.1, 0.15) is 42.5 Å². The fourth-order valence-corrected chi connectivity index (χ4v) is 4.04. The summed E-state index contributed by atoms with van der Waals surface area (Å²) in [5, 5.41) is 15.3. The van der Waals surface area contributed by atoms with E-state index < -0.39 is 21.8 Å². The number of carbonyl (C=O) groups is 2. The molecule has 2 amide bonds. The van der Waals surface area contributed by atoms with E-state index in [-0.39, 0.29) is 30.0 Å². The average molecular weight is 426 g/mol. The van der Waals surface area contributed by atoms with Gasteiger partial charge in [-0.3, -0.25) is 9.59 Å². The maximum atomic E-state index is 12.7. The molecule has 7 nitrogen and oxygen atoms in total. The van der Waals surface area contributed by atoms with Gasteiger partial charge < -0.3 is 10.6 Å². The minimum atomic E-state index is -3.22. The Kier molecular flexibility index (Phi) is 7.84. The summed E-state index contributed by atoms with van der Waals surface area (Å²) in [4.78, 5) is 25.2. The molecule has 1 saturated carbocycles. The van der Waals surface area contributed by atoms with E-state index in [1.165, 1.54) is 0 Å². The van der Waals surface area contributed by atoms with Crippen LogP contribution in [-0.2, 0) is 14.6 Å². The van der Waals surface area contributed by atoms with Crippen molar-refractivity contribution in [2.75, 3.05) is 12.0 Å². The zero-order valence-corrected chi connectivity index (χ0v) is 17.2. The number of amides is 2. The molecule has 0 heterocycles. The molecule has 3 atom stereocenters. The molecule has 0 aromatic heterocycles. The molecule has 0 aliphatic heterocycles. The minimum absolute atomic E-state index is 0.0373. The molecule has 1 fully saturated rings. The van der Waals surface area contributed by atoms with Crippen molar-refractivity contribution in [3.63, 3.8) is 0 Å². The molecular formula is C19H24ClN3O4S. The molecular weight excluding hydrogens is 402 g/mol. The summed E-state index contributed by atoms with van der Waals surface area (Å²) < 4.78 is 22.6. The van der Waals surface area contributed by atoms with Gasteiger partial charge in [0.25, 0.3) is 5.91 Å².